The minimum atomic E-state index is -0.742. The molecule has 1 aliphatic heterocycles. The van der Waals surface area contributed by atoms with Crippen molar-refractivity contribution in [3.8, 4) is 0 Å². The Morgan fingerprint density at radius 3 is 2.81 bits per heavy atom. The molecule has 2 fully saturated rings. The summed E-state index contributed by atoms with van der Waals surface area (Å²) in [5, 5.41) is 3.65. The largest absolute Gasteiger partial charge is 0.311 e. The fraction of sp³-hybridized carbons (Fsp3) is 0.647. The van der Waals surface area contributed by atoms with Gasteiger partial charge in [0.2, 0.25) is 0 Å². The van der Waals surface area contributed by atoms with Crippen LogP contribution in [0.15, 0.2) is 18.2 Å². The minimum absolute atomic E-state index is 0.424. The van der Waals surface area contributed by atoms with E-state index in [1.807, 2.05) is 0 Å². The number of halogens is 2. The first-order valence-corrected chi connectivity index (χ1v) is 8.09. The van der Waals surface area contributed by atoms with Gasteiger partial charge in [0.25, 0.3) is 0 Å². The Labute approximate surface area is 125 Å². The average Bonchev–Trinajstić information content (AvgIpc) is 3.30. The van der Waals surface area contributed by atoms with Crippen LogP contribution in [0.5, 0.6) is 0 Å². The fourth-order valence-electron chi connectivity index (χ4n) is 3.40. The van der Waals surface area contributed by atoms with E-state index >= 15 is 0 Å². The lowest BCUT2D eigenvalue weighted by molar-refractivity contribution is 0.106. The highest BCUT2D eigenvalue weighted by molar-refractivity contribution is 5.19. The molecule has 0 bridgehead atoms. The van der Waals surface area contributed by atoms with E-state index in [1.165, 1.54) is 18.9 Å². The summed E-state index contributed by atoms with van der Waals surface area (Å²) >= 11 is 0. The monoisotopic (exact) mass is 294 g/mol. The molecule has 116 valence electrons. The number of nitrogens with zero attached hydrogens (tertiary/aromatic N) is 1. The number of nitrogens with one attached hydrogen (secondary N) is 1. The molecule has 0 aromatic heterocycles. The van der Waals surface area contributed by atoms with Crippen LogP contribution in [0, 0.1) is 17.6 Å². The van der Waals surface area contributed by atoms with Crippen molar-refractivity contribution in [2.24, 2.45) is 5.92 Å². The Morgan fingerprint density at radius 1 is 1.29 bits per heavy atom. The fourth-order valence-corrected chi connectivity index (χ4v) is 3.40. The lowest BCUT2D eigenvalue weighted by atomic mass is 10.0. The summed E-state index contributed by atoms with van der Waals surface area (Å²) in [6.45, 7) is 4.60. The Balaban J connectivity index is 1.73. The first-order valence-electron chi connectivity index (χ1n) is 8.09. The van der Waals surface area contributed by atoms with Crippen molar-refractivity contribution >= 4 is 0 Å². The van der Waals surface area contributed by atoms with Crippen LogP contribution in [0.2, 0.25) is 0 Å². The third kappa shape index (κ3) is 3.43. The van der Waals surface area contributed by atoms with E-state index < -0.39 is 11.6 Å². The summed E-state index contributed by atoms with van der Waals surface area (Å²) in [4.78, 5) is 2.35. The van der Waals surface area contributed by atoms with E-state index in [9.17, 15) is 8.78 Å². The van der Waals surface area contributed by atoms with Crippen LogP contribution in [0.1, 0.15) is 38.2 Å². The van der Waals surface area contributed by atoms with Crippen molar-refractivity contribution in [2.75, 3.05) is 13.1 Å². The molecular formula is C17H24F2N2. The van der Waals surface area contributed by atoms with Gasteiger partial charge in [-0.25, -0.2) is 8.78 Å². The second-order valence-electron chi connectivity index (χ2n) is 6.44. The molecule has 0 amide bonds. The predicted molar refractivity (Wildman–Crippen MR) is 80.0 cm³/mol. The smallest absolute Gasteiger partial charge is 0.163 e. The zero-order valence-corrected chi connectivity index (χ0v) is 12.6. The quantitative estimate of drug-likeness (QED) is 0.896. The molecule has 2 atom stereocenters. The van der Waals surface area contributed by atoms with Crippen LogP contribution in [-0.4, -0.2) is 30.1 Å². The summed E-state index contributed by atoms with van der Waals surface area (Å²) in [6.07, 6.45) is 4.82. The zero-order chi connectivity index (χ0) is 14.8. The maximum Gasteiger partial charge on any atom is 0.163 e. The molecule has 21 heavy (non-hydrogen) atoms. The van der Waals surface area contributed by atoms with Gasteiger partial charge >= 0.3 is 0 Å². The van der Waals surface area contributed by atoms with Crippen molar-refractivity contribution in [2.45, 2.75) is 51.2 Å². The van der Waals surface area contributed by atoms with Gasteiger partial charge in [0.05, 0.1) is 0 Å². The molecule has 2 nitrogen and oxygen atoms in total. The SMILES string of the molecule is CCCC1CNC(C2CC2)CN1Cc1cccc(F)c1F. The van der Waals surface area contributed by atoms with E-state index in [2.05, 4.69) is 17.1 Å². The highest BCUT2D eigenvalue weighted by Gasteiger charge is 2.37. The van der Waals surface area contributed by atoms with Crippen LogP contribution in [0.4, 0.5) is 8.78 Å². The Morgan fingerprint density at radius 2 is 2.10 bits per heavy atom. The lowest BCUT2D eigenvalue weighted by Gasteiger charge is -2.41. The molecule has 3 rings (SSSR count). The molecule has 0 spiro atoms. The molecule has 1 saturated heterocycles. The van der Waals surface area contributed by atoms with Crippen LogP contribution in [-0.2, 0) is 6.54 Å². The first kappa shape index (κ1) is 14.9. The molecule has 1 N–H and O–H groups in total. The van der Waals surface area contributed by atoms with Gasteiger partial charge in [-0.1, -0.05) is 25.5 Å². The second-order valence-corrected chi connectivity index (χ2v) is 6.44. The van der Waals surface area contributed by atoms with Gasteiger partial charge in [-0.15, -0.1) is 0 Å². The average molecular weight is 294 g/mol. The Kier molecular flexibility index (Phi) is 4.55. The number of benzene rings is 1. The van der Waals surface area contributed by atoms with Crippen LogP contribution in [0.25, 0.3) is 0 Å². The summed E-state index contributed by atoms with van der Waals surface area (Å²) in [7, 11) is 0. The van der Waals surface area contributed by atoms with Crippen molar-refractivity contribution < 1.29 is 8.78 Å². The summed E-state index contributed by atoms with van der Waals surface area (Å²) < 4.78 is 27.3. The van der Waals surface area contributed by atoms with Crippen LogP contribution >= 0.6 is 0 Å². The number of rotatable bonds is 5. The minimum Gasteiger partial charge on any atom is -0.311 e. The Bertz CT molecular complexity index is 488. The number of hydrogen-bond acceptors (Lipinski definition) is 2. The standard InChI is InChI=1S/C17H24F2N2/c1-2-4-14-9-20-16(12-7-8-12)11-21(14)10-13-5-3-6-15(18)17(13)19/h3,5-6,12,14,16,20H,2,4,7-11H2,1H3. The second kappa shape index (κ2) is 6.41. The van der Waals surface area contributed by atoms with Gasteiger partial charge in [0.1, 0.15) is 0 Å². The molecule has 1 aliphatic carbocycles. The van der Waals surface area contributed by atoms with Crippen molar-refractivity contribution in [3.63, 3.8) is 0 Å². The van der Waals surface area contributed by atoms with Crippen LogP contribution < -0.4 is 5.32 Å². The van der Waals surface area contributed by atoms with Gasteiger partial charge in [0.15, 0.2) is 11.6 Å². The molecule has 1 aromatic rings. The molecule has 1 aromatic carbocycles. The first-order chi connectivity index (χ1) is 10.2. The lowest BCUT2D eigenvalue weighted by Crippen LogP contribution is -2.56. The topological polar surface area (TPSA) is 15.3 Å². The predicted octanol–water partition coefficient (Wildman–Crippen LogP) is 3.32. The molecule has 1 saturated carbocycles. The third-order valence-corrected chi connectivity index (χ3v) is 4.78. The summed E-state index contributed by atoms with van der Waals surface area (Å²) in [5.41, 5.74) is 0.479. The molecule has 0 radical (unpaired) electrons. The molecular weight excluding hydrogens is 270 g/mol. The third-order valence-electron chi connectivity index (χ3n) is 4.78. The number of piperazine rings is 1. The van der Waals surface area contributed by atoms with Crippen LogP contribution in [0.3, 0.4) is 0 Å². The Hall–Kier alpha value is -1.00. The molecule has 2 unspecified atom stereocenters. The maximum atomic E-state index is 13.9. The molecule has 4 heteroatoms. The van der Waals surface area contributed by atoms with Gasteiger partial charge in [-0.05, 0) is 31.2 Å². The highest BCUT2D eigenvalue weighted by atomic mass is 19.2. The van der Waals surface area contributed by atoms with Gasteiger partial charge in [0, 0.05) is 37.3 Å². The summed E-state index contributed by atoms with van der Waals surface area (Å²) in [5.74, 6) is -0.643. The van der Waals surface area contributed by atoms with E-state index in [-0.39, 0.29) is 0 Å². The van der Waals surface area contributed by atoms with Crippen molar-refractivity contribution in [1.29, 1.82) is 0 Å². The van der Waals surface area contributed by atoms with E-state index in [1.54, 1.807) is 12.1 Å². The highest BCUT2D eigenvalue weighted by Crippen LogP contribution is 2.35. The zero-order valence-electron chi connectivity index (χ0n) is 12.6. The van der Waals surface area contributed by atoms with Gasteiger partial charge in [-0.3, -0.25) is 4.90 Å². The molecule has 2 aliphatic rings. The normalized spacial score (nSPS) is 27.0. The molecule has 1 heterocycles. The van der Waals surface area contributed by atoms with Crippen molar-refractivity contribution in [3.05, 3.63) is 35.4 Å². The summed E-state index contributed by atoms with van der Waals surface area (Å²) in [6, 6.07) is 5.44. The van der Waals surface area contributed by atoms with Gasteiger partial charge in [-0.2, -0.15) is 0 Å². The number of hydrogen-bond donors (Lipinski definition) is 1. The maximum absolute atomic E-state index is 13.9. The van der Waals surface area contributed by atoms with Gasteiger partial charge < -0.3 is 5.32 Å². The van der Waals surface area contributed by atoms with Crippen molar-refractivity contribution in [1.82, 2.24) is 10.2 Å². The van der Waals surface area contributed by atoms with E-state index in [0.717, 1.165) is 31.8 Å². The van der Waals surface area contributed by atoms with E-state index in [4.69, 9.17) is 0 Å². The van der Waals surface area contributed by atoms with E-state index in [0.29, 0.717) is 24.2 Å².